The van der Waals surface area contributed by atoms with Crippen molar-refractivity contribution in [1.29, 1.82) is 0 Å². The molecule has 1 unspecified atom stereocenters. The van der Waals surface area contributed by atoms with Crippen LogP contribution in [0, 0.1) is 18.8 Å². The topological polar surface area (TPSA) is 12.0 Å². The van der Waals surface area contributed by atoms with Gasteiger partial charge in [0.05, 0.1) is 0 Å². The summed E-state index contributed by atoms with van der Waals surface area (Å²) in [6.07, 6.45) is 4.47. The fourth-order valence-electron chi connectivity index (χ4n) is 2.01. The summed E-state index contributed by atoms with van der Waals surface area (Å²) in [5, 5.41) is 3.38. The van der Waals surface area contributed by atoms with Gasteiger partial charge < -0.3 is 5.32 Å². The number of rotatable bonds is 6. The Balaban J connectivity index is 2.38. The summed E-state index contributed by atoms with van der Waals surface area (Å²) in [5.41, 5.74) is 2.78. The third kappa shape index (κ3) is 5.56. The lowest BCUT2D eigenvalue weighted by Gasteiger charge is -2.14. The highest BCUT2D eigenvalue weighted by molar-refractivity contribution is 5.22. The van der Waals surface area contributed by atoms with Crippen LogP contribution < -0.4 is 5.32 Å². The molecule has 0 aliphatic carbocycles. The van der Waals surface area contributed by atoms with Gasteiger partial charge in [-0.1, -0.05) is 29.8 Å². The third-order valence-electron chi connectivity index (χ3n) is 3.07. The second-order valence-electron chi connectivity index (χ2n) is 4.48. The molecule has 0 amide bonds. The molecule has 0 spiro atoms. The van der Waals surface area contributed by atoms with E-state index in [0.717, 1.165) is 19.3 Å². The minimum atomic E-state index is 0.580. The second kappa shape index (κ2) is 7.92. The average Bonchev–Trinajstić information content (AvgIpc) is 2.34. The molecule has 0 aromatic heterocycles. The number of benzene rings is 1. The van der Waals surface area contributed by atoms with Crippen LogP contribution in [0.3, 0.4) is 0 Å². The van der Waals surface area contributed by atoms with Crippen molar-refractivity contribution in [3.05, 3.63) is 35.4 Å². The van der Waals surface area contributed by atoms with E-state index in [4.69, 9.17) is 0 Å². The zero-order valence-corrected chi connectivity index (χ0v) is 11.2. The number of hydrogen-bond donors (Lipinski definition) is 1. The summed E-state index contributed by atoms with van der Waals surface area (Å²) in [7, 11) is 2.04. The van der Waals surface area contributed by atoms with Crippen LogP contribution >= 0.6 is 0 Å². The Morgan fingerprint density at radius 2 is 2.12 bits per heavy atom. The van der Waals surface area contributed by atoms with Gasteiger partial charge in [0.2, 0.25) is 0 Å². The molecule has 0 aliphatic rings. The number of aryl methyl sites for hydroxylation is 2. The van der Waals surface area contributed by atoms with Gasteiger partial charge in [-0.25, -0.2) is 0 Å². The highest BCUT2D eigenvalue weighted by atomic mass is 14.9. The Morgan fingerprint density at radius 1 is 1.29 bits per heavy atom. The first kappa shape index (κ1) is 13.8. The zero-order chi connectivity index (χ0) is 12.5. The summed E-state index contributed by atoms with van der Waals surface area (Å²) in [6, 6.07) is 9.36. The molecule has 0 heterocycles. The van der Waals surface area contributed by atoms with Gasteiger partial charge in [0.15, 0.2) is 0 Å². The average molecular weight is 229 g/mol. The van der Waals surface area contributed by atoms with E-state index in [0.29, 0.717) is 6.04 Å². The highest BCUT2D eigenvalue weighted by Gasteiger charge is 2.05. The van der Waals surface area contributed by atoms with E-state index in [1.807, 2.05) is 14.0 Å². The molecule has 1 aromatic carbocycles. The summed E-state index contributed by atoms with van der Waals surface area (Å²) in [4.78, 5) is 0. The molecule has 0 saturated carbocycles. The molecule has 0 aliphatic heterocycles. The van der Waals surface area contributed by atoms with Crippen molar-refractivity contribution in [2.75, 3.05) is 7.05 Å². The highest BCUT2D eigenvalue weighted by Crippen LogP contribution is 2.10. The van der Waals surface area contributed by atoms with Crippen LogP contribution in [0.25, 0.3) is 0 Å². The van der Waals surface area contributed by atoms with Crippen LogP contribution in [-0.2, 0) is 6.42 Å². The van der Waals surface area contributed by atoms with Gasteiger partial charge in [-0.05, 0) is 45.7 Å². The van der Waals surface area contributed by atoms with Crippen molar-refractivity contribution in [2.45, 2.75) is 45.6 Å². The lowest BCUT2D eigenvalue weighted by Crippen LogP contribution is -2.25. The molecule has 1 rings (SSSR count). The standard InChI is InChI=1S/C16H23N/c1-4-5-6-10-16(17-3)12-11-15-9-7-8-14(2)13-15/h7-9,13,16-17H,6,10-12H2,1-3H3. The van der Waals surface area contributed by atoms with Crippen LogP contribution in [0.15, 0.2) is 24.3 Å². The summed E-state index contributed by atoms with van der Waals surface area (Å²) >= 11 is 0. The second-order valence-corrected chi connectivity index (χ2v) is 4.48. The SMILES string of the molecule is CC#CCCC(CCc1cccc(C)c1)NC. The Labute approximate surface area is 106 Å². The van der Waals surface area contributed by atoms with Crippen molar-refractivity contribution in [2.24, 2.45) is 0 Å². The lowest BCUT2D eigenvalue weighted by molar-refractivity contribution is 0.495. The van der Waals surface area contributed by atoms with Crippen molar-refractivity contribution >= 4 is 0 Å². The smallest absolute Gasteiger partial charge is 0.0103 e. The van der Waals surface area contributed by atoms with Crippen molar-refractivity contribution in [3.63, 3.8) is 0 Å². The molecule has 1 N–H and O–H groups in total. The van der Waals surface area contributed by atoms with E-state index in [1.54, 1.807) is 0 Å². The van der Waals surface area contributed by atoms with Gasteiger partial charge >= 0.3 is 0 Å². The minimum absolute atomic E-state index is 0.580. The van der Waals surface area contributed by atoms with Crippen LogP contribution in [0.5, 0.6) is 0 Å². The monoisotopic (exact) mass is 229 g/mol. The van der Waals surface area contributed by atoms with E-state index in [-0.39, 0.29) is 0 Å². The molecule has 0 bridgehead atoms. The molecule has 1 nitrogen and oxygen atoms in total. The Hall–Kier alpha value is -1.26. The van der Waals surface area contributed by atoms with Gasteiger partial charge in [0, 0.05) is 12.5 Å². The number of hydrogen-bond acceptors (Lipinski definition) is 1. The predicted octanol–water partition coefficient (Wildman–Crippen LogP) is 3.32. The predicted molar refractivity (Wildman–Crippen MR) is 75.0 cm³/mol. The molecule has 0 radical (unpaired) electrons. The van der Waals surface area contributed by atoms with Gasteiger partial charge in [0.25, 0.3) is 0 Å². The summed E-state index contributed by atoms with van der Waals surface area (Å²) in [6.45, 7) is 4.05. The summed E-state index contributed by atoms with van der Waals surface area (Å²) < 4.78 is 0. The first-order chi connectivity index (χ1) is 8.26. The normalized spacial score (nSPS) is 11.7. The van der Waals surface area contributed by atoms with Crippen LogP contribution in [0.1, 0.15) is 37.3 Å². The molecule has 17 heavy (non-hydrogen) atoms. The molecule has 1 heteroatoms. The molecule has 0 saturated heterocycles. The maximum atomic E-state index is 3.38. The zero-order valence-electron chi connectivity index (χ0n) is 11.2. The summed E-state index contributed by atoms with van der Waals surface area (Å²) in [5.74, 6) is 6.08. The fraction of sp³-hybridized carbons (Fsp3) is 0.500. The van der Waals surface area contributed by atoms with Gasteiger partial charge in [-0.15, -0.1) is 11.8 Å². The molecular weight excluding hydrogens is 206 g/mol. The van der Waals surface area contributed by atoms with Crippen LogP contribution in [0.2, 0.25) is 0 Å². The van der Waals surface area contributed by atoms with Crippen molar-refractivity contribution in [3.8, 4) is 11.8 Å². The first-order valence-electron chi connectivity index (χ1n) is 6.38. The minimum Gasteiger partial charge on any atom is -0.317 e. The quantitative estimate of drug-likeness (QED) is 0.738. The first-order valence-corrected chi connectivity index (χ1v) is 6.38. The third-order valence-corrected chi connectivity index (χ3v) is 3.07. The lowest BCUT2D eigenvalue weighted by atomic mass is 10.0. The number of nitrogens with one attached hydrogen (secondary N) is 1. The van der Waals surface area contributed by atoms with E-state index >= 15 is 0 Å². The van der Waals surface area contributed by atoms with E-state index in [1.165, 1.54) is 17.5 Å². The van der Waals surface area contributed by atoms with E-state index in [9.17, 15) is 0 Å². The molecule has 92 valence electrons. The van der Waals surface area contributed by atoms with E-state index < -0.39 is 0 Å². The molecule has 1 aromatic rings. The van der Waals surface area contributed by atoms with Crippen molar-refractivity contribution < 1.29 is 0 Å². The van der Waals surface area contributed by atoms with Gasteiger partial charge in [0.1, 0.15) is 0 Å². The van der Waals surface area contributed by atoms with E-state index in [2.05, 4.69) is 48.3 Å². The Kier molecular flexibility index (Phi) is 6.43. The maximum Gasteiger partial charge on any atom is 0.0103 e. The maximum absolute atomic E-state index is 3.38. The van der Waals surface area contributed by atoms with Crippen LogP contribution in [-0.4, -0.2) is 13.1 Å². The van der Waals surface area contributed by atoms with Crippen LogP contribution in [0.4, 0.5) is 0 Å². The fourth-order valence-corrected chi connectivity index (χ4v) is 2.01. The molecule has 0 fully saturated rings. The Bertz CT molecular complexity index is 384. The Morgan fingerprint density at radius 3 is 2.76 bits per heavy atom. The van der Waals surface area contributed by atoms with Gasteiger partial charge in [-0.3, -0.25) is 0 Å². The van der Waals surface area contributed by atoms with Crippen molar-refractivity contribution in [1.82, 2.24) is 5.32 Å². The largest absolute Gasteiger partial charge is 0.317 e. The molecule has 1 atom stereocenters. The van der Waals surface area contributed by atoms with Gasteiger partial charge in [-0.2, -0.15) is 0 Å². The molecular formula is C16H23N.